The van der Waals surface area contributed by atoms with Gasteiger partial charge in [-0.15, -0.1) is 0 Å². The van der Waals surface area contributed by atoms with E-state index in [1.54, 1.807) is 0 Å². The van der Waals surface area contributed by atoms with Crippen molar-refractivity contribution in [3.8, 4) is 0 Å². The third kappa shape index (κ3) is 2.49. The first-order chi connectivity index (χ1) is 12.2. The smallest absolute Gasteiger partial charge is 0.427 e. The molecule has 1 saturated heterocycles. The van der Waals surface area contributed by atoms with E-state index < -0.39 is 53.9 Å². The van der Waals surface area contributed by atoms with Crippen LogP contribution in [0.25, 0.3) is 0 Å². The maximum absolute atomic E-state index is 13.3. The summed E-state index contributed by atoms with van der Waals surface area (Å²) in [7, 11) is 0. The third-order valence-electron chi connectivity index (χ3n) is 6.43. The van der Waals surface area contributed by atoms with Crippen LogP contribution in [0.4, 0.5) is 26.3 Å². The number of hydrogen-bond acceptors (Lipinski definition) is 5. The van der Waals surface area contributed by atoms with Crippen molar-refractivity contribution in [3.63, 3.8) is 0 Å². The Morgan fingerprint density at radius 3 is 2.22 bits per heavy atom. The van der Waals surface area contributed by atoms with Crippen LogP contribution in [0.3, 0.4) is 0 Å². The first-order valence-corrected chi connectivity index (χ1v) is 8.46. The van der Waals surface area contributed by atoms with Crippen molar-refractivity contribution in [1.82, 2.24) is 0 Å². The zero-order valence-electron chi connectivity index (χ0n) is 14.4. The highest BCUT2D eigenvalue weighted by molar-refractivity contribution is 5.80. The van der Waals surface area contributed by atoms with E-state index in [1.807, 2.05) is 0 Å². The van der Waals surface area contributed by atoms with Crippen molar-refractivity contribution in [3.05, 3.63) is 0 Å². The van der Waals surface area contributed by atoms with Crippen molar-refractivity contribution in [2.24, 2.45) is 23.2 Å². The average Bonchev–Trinajstić information content (AvgIpc) is 3.15. The Bertz CT molecular complexity index is 645. The minimum Gasteiger partial charge on any atom is -0.458 e. The summed E-state index contributed by atoms with van der Waals surface area (Å²) < 4.78 is 89.7. The van der Waals surface area contributed by atoms with Crippen LogP contribution in [0.5, 0.6) is 0 Å². The Labute approximate surface area is 150 Å². The lowest BCUT2D eigenvalue weighted by atomic mass is 9.70. The summed E-state index contributed by atoms with van der Waals surface area (Å²) in [6, 6.07) is 0. The minimum atomic E-state index is -6.16. The zero-order valence-corrected chi connectivity index (χ0v) is 14.4. The van der Waals surface area contributed by atoms with Gasteiger partial charge in [-0.3, -0.25) is 9.59 Å². The van der Waals surface area contributed by atoms with E-state index in [9.17, 15) is 41.0 Å². The van der Waals surface area contributed by atoms with E-state index in [2.05, 4.69) is 0 Å². The van der Waals surface area contributed by atoms with Gasteiger partial charge in [0.15, 0.2) is 0 Å². The summed E-state index contributed by atoms with van der Waals surface area (Å²) in [5, 5.41) is 9.72. The number of aliphatic hydroxyl groups is 1. The van der Waals surface area contributed by atoms with Crippen molar-refractivity contribution in [1.29, 1.82) is 0 Å². The predicted octanol–water partition coefficient (Wildman–Crippen LogP) is 2.75. The summed E-state index contributed by atoms with van der Waals surface area (Å²) in [6.45, 7) is 1.31. The molecule has 1 aliphatic heterocycles. The van der Waals surface area contributed by atoms with Gasteiger partial charge in [-0.2, -0.15) is 26.3 Å². The second kappa shape index (κ2) is 5.74. The first-order valence-electron chi connectivity index (χ1n) is 8.46. The molecular formula is C16H18F6O5. The summed E-state index contributed by atoms with van der Waals surface area (Å²) in [4.78, 5) is 24.2. The Kier molecular flexibility index (Phi) is 4.30. The van der Waals surface area contributed by atoms with Crippen molar-refractivity contribution in [2.75, 3.05) is 0 Å². The lowest BCUT2D eigenvalue weighted by molar-refractivity contribution is -0.398. The zero-order chi connectivity index (χ0) is 20.6. The fourth-order valence-corrected chi connectivity index (χ4v) is 4.65. The molecule has 6 atom stereocenters. The van der Waals surface area contributed by atoms with Crippen LogP contribution >= 0.6 is 0 Å². The monoisotopic (exact) mass is 404 g/mol. The topological polar surface area (TPSA) is 72.8 Å². The maximum Gasteiger partial charge on any atom is 0.427 e. The molecule has 2 aliphatic carbocycles. The summed E-state index contributed by atoms with van der Waals surface area (Å²) in [6.07, 6.45) is -14.5. The lowest BCUT2D eigenvalue weighted by Crippen LogP contribution is -2.69. The molecule has 2 saturated carbocycles. The van der Waals surface area contributed by atoms with Crippen molar-refractivity contribution < 1.29 is 50.5 Å². The average molecular weight is 404 g/mol. The van der Waals surface area contributed by atoms with Gasteiger partial charge < -0.3 is 14.6 Å². The number of halogens is 6. The fraction of sp³-hybridized carbons (Fsp3) is 0.875. The van der Waals surface area contributed by atoms with E-state index in [0.29, 0.717) is 19.8 Å². The molecule has 6 unspecified atom stereocenters. The molecule has 3 rings (SSSR count). The van der Waals surface area contributed by atoms with Gasteiger partial charge in [-0.25, -0.2) is 0 Å². The van der Waals surface area contributed by atoms with Gasteiger partial charge in [-0.1, -0.05) is 6.92 Å². The molecule has 0 amide bonds. The predicted molar refractivity (Wildman–Crippen MR) is 74.9 cm³/mol. The fourth-order valence-electron chi connectivity index (χ4n) is 4.65. The molecule has 1 N–H and O–H groups in total. The molecular weight excluding hydrogens is 386 g/mol. The van der Waals surface area contributed by atoms with E-state index in [4.69, 9.17) is 9.47 Å². The highest BCUT2D eigenvalue weighted by Gasteiger charge is 2.80. The molecule has 11 heteroatoms. The molecule has 0 spiro atoms. The molecule has 0 aromatic carbocycles. The highest BCUT2D eigenvalue weighted by atomic mass is 19.4. The second-order valence-corrected chi connectivity index (χ2v) is 7.66. The van der Waals surface area contributed by atoms with Crippen LogP contribution in [-0.2, 0) is 19.1 Å². The van der Waals surface area contributed by atoms with E-state index in [-0.39, 0.29) is 17.8 Å². The molecule has 0 radical (unpaired) electrons. The van der Waals surface area contributed by atoms with Crippen LogP contribution in [0, 0.1) is 23.2 Å². The van der Waals surface area contributed by atoms with Gasteiger partial charge in [0, 0.05) is 11.8 Å². The van der Waals surface area contributed by atoms with Gasteiger partial charge in [0.05, 0.1) is 5.92 Å². The summed E-state index contributed by atoms with van der Waals surface area (Å²) in [5.74, 6) is -3.30. The van der Waals surface area contributed by atoms with Gasteiger partial charge in [-0.05, 0) is 26.2 Å². The largest absolute Gasteiger partial charge is 0.458 e. The molecule has 27 heavy (non-hydrogen) atoms. The number of fused-ring (bicyclic) bond motifs is 1. The number of rotatable bonds is 4. The van der Waals surface area contributed by atoms with Crippen LogP contribution in [-0.4, -0.2) is 47.2 Å². The minimum absolute atomic E-state index is 0.253. The first kappa shape index (κ1) is 20.2. The summed E-state index contributed by atoms with van der Waals surface area (Å²) >= 11 is 0. The quantitative estimate of drug-likeness (QED) is 0.576. The molecule has 0 aromatic heterocycles. The van der Waals surface area contributed by atoms with Crippen LogP contribution in [0.2, 0.25) is 0 Å². The number of carbonyl (C=O) groups excluding carboxylic acids is 2. The molecule has 3 fully saturated rings. The highest BCUT2D eigenvalue weighted by Crippen LogP contribution is 2.58. The molecule has 2 bridgehead atoms. The van der Waals surface area contributed by atoms with Crippen LogP contribution < -0.4 is 0 Å². The Morgan fingerprint density at radius 1 is 1.19 bits per heavy atom. The van der Waals surface area contributed by atoms with Crippen molar-refractivity contribution >= 4 is 11.9 Å². The van der Waals surface area contributed by atoms with Gasteiger partial charge in [0.2, 0.25) is 0 Å². The lowest BCUT2D eigenvalue weighted by Gasteiger charge is -2.44. The Morgan fingerprint density at radius 2 is 1.74 bits per heavy atom. The standard InChI is InChI=1S/C16H18F6O5/c1-3-13(2,14(25,15(17,18)19)16(20,21)22)12(24)27-9-6-4-7-8(5-6)11(23)26-10(7)9/h6-10,25H,3-5H2,1-2H3. The van der Waals surface area contributed by atoms with Gasteiger partial charge in [0.25, 0.3) is 5.60 Å². The van der Waals surface area contributed by atoms with E-state index in [0.717, 1.165) is 6.92 Å². The van der Waals surface area contributed by atoms with E-state index in [1.165, 1.54) is 0 Å². The maximum atomic E-state index is 13.3. The Balaban J connectivity index is 1.91. The number of hydrogen-bond donors (Lipinski definition) is 1. The molecule has 1 heterocycles. The molecule has 154 valence electrons. The SMILES string of the molecule is CCC(C)(C(=O)OC1C2CC3C(=O)OC1C3C2)C(O)(C(F)(F)F)C(F)(F)F. The number of alkyl halides is 6. The molecule has 0 aromatic rings. The molecule has 3 aliphatic rings. The second-order valence-electron chi connectivity index (χ2n) is 7.66. The number of esters is 2. The van der Waals surface area contributed by atoms with Gasteiger partial charge in [0.1, 0.15) is 17.6 Å². The number of ether oxygens (including phenoxy) is 2. The van der Waals surface area contributed by atoms with Crippen molar-refractivity contribution in [2.45, 2.75) is 63.3 Å². The Hall–Kier alpha value is -1.52. The van der Waals surface area contributed by atoms with E-state index >= 15 is 0 Å². The van der Waals surface area contributed by atoms with Gasteiger partial charge >= 0.3 is 24.3 Å². The van der Waals surface area contributed by atoms with Crippen LogP contribution in [0.15, 0.2) is 0 Å². The number of carbonyl (C=O) groups is 2. The third-order valence-corrected chi connectivity index (χ3v) is 6.43. The van der Waals surface area contributed by atoms with Crippen LogP contribution in [0.1, 0.15) is 33.1 Å². The summed E-state index contributed by atoms with van der Waals surface area (Å²) in [5.41, 5.74) is -8.61. The normalized spacial score (nSPS) is 35.1. The molecule has 5 nitrogen and oxygen atoms in total.